The van der Waals surface area contributed by atoms with Gasteiger partial charge >= 0.3 is 0 Å². The monoisotopic (exact) mass is 270 g/mol. The Balaban J connectivity index is 2.27. The van der Waals surface area contributed by atoms with E-state index in [0.717, 1.165) is 10.0 Å². The number of amides is 1. The molecule has 1 aromatic carbocycles. The molecule has 15 heavy (non-hydrogen) atoms. The number of rotatable bonds is 1. The first-order chi connectivity index (χ1) is 7.18. The molecule has 80 valence electrons. The molecule has 1 amide bonds. The zero-order valence-electron chi connectivity index (χ0n) is 7.90. The van der Waals surface area contributed by atoms with Crippen LogP contribution in [0.25, 0.3) is 0 Å². The second-order valence-corrected chi connectivity index (χ2v) is 4.31. The normalized spacial score (nSPS) is 26.1. The predicted octanol–water partition coefficient (Wildman–Crippen LogP) is 0.528. The molecule has 1 saturated heterocycles. The lowest BCUT2D eigenvalue weighted by Gasteiger charge is -2.28. The SMILES string of the molecule is O=C1NCNC(O)C1c1ccc(Br)cc1. The molecule has 0 bridgehead atoms. The second-order valence-electron chi connectivity index (χ2n) is 3.40. The van der Waals surface area contributed by atoms with Crippen LogP contribution < -0.4 is 10.6 Å². The van der Waals surface area contributed by atoms with Gasteiger partial charge in [0.2, 0.25) is 5.91 Å². The molecule has 0 saturated carbocycles. The van der Waals surface area contributed by atoms with Crippen LogP contribution in [0.1, 0.15) is 11.5 Å². The van der Waals surface area contributed by atoms with E-state index in [-0.39, 0.29) is 5.91 Å². The van der Waals surface area contributed by atoms with Gasteiger partial charge in [-0.05, 0) is 17.7 Å². The fourth-order valence-corrected chi connectivity index (χ4v) is 1.88. The lowest BCUT2D eigenvalue weighted by Crippen LogP contribution is -2.53. The molecule has 3 N–H and O–H groups in total. The van der Waals surface area contributed by atoms with Crippen molar-refractivity contribution < 1.29 is 9.90 Å². The molecule has 0 radical (unpaired) electrons. The van der Waals surface area contributed by atoms with Gasteiger partial charge in [-0.25, -0.2) is 0 Å². The van der Waals surface area contributed by atoms with Gasteiger partial charge in [0, 0.05) is 4.47 Å². The molecule has 0 spiro atoms. The summed E-state index contributed by atoms with van der Waals surface area (Å²) in [6.07, 6.45) is -0.820. The largest absolute Gasteiger partial charge is 0.377 e. The summed E-state index contributed by atoms with van der Waals surface area (Å²) in [5.74, 6) is -0.685. The van der Waals surface area contributed by atoms with Crippen LogP contribution in [0.3, 0.4) is 0 Å². The highest BCUT2D eigenvalue weighted by Crippen LogP contribution is 2.22. The molecule has 1 heterocycles. The van der Waals surface area contributed by atoms with Gasteiger partial charge in [0.15, 0.2) is 0 Å². The van der Waals surface area contributed by atoms with Crippen molar-refractivity contribution in [3.63, 3.8) is 0 Å². The Morgan fingerprint density at radius 3 is 2.60 bits per heavy atom. The minimum Gasteiger partial charge on any atom is -0.377 e. The van der Waals surface area contributed by atoms with E-state index in [9.17, 15) is 9.90 Å². The Kier molecular flexibility index (Phi) is 3.04. The number of nitrogens with one attached hydrogen (secondary N) is 2. The van der Waals surface area contributed by atoms with Crippen LogP contribution in [0, 0.1) is 0 Å². The molecule has 4 nitrogen and oxygen atoms in total. The van der Waals surface area contributed by atoms with E-state index in [0.29, 0.717) is 6.67 Å². The van der Waals surface area contributed by atoms with E-state index in [1.807, 2.05) is 24.3 Å². The molecule has 0 aromatic heterocycles. The van der Waals surface area contributed by atoms with Crippen molar-refractivity contribution in [2.75, 3.05) is 6.67 Å². The number of hydrogen-bond acceptors (Lipinski definition) is 3. The van der Waals surface area contributed by atoms with Crippen molar-refractivity contribution in [3.8, 4) is 0 Å². The molecule has 1 aliphatic rings. The van der Waals surface area contributed by atoms with Gasteiger partial charge in [-0.2, -0.15) is 0 Å². The van der Waals surface area contributed by atoms with Crippen LogP contribution in [0.2, 0.25) is 0 Å². The van der Waals surface area contributed by atoms with Gasteiger partial charge in [-0.3, -0.25) is 10.1 Å². The summed E-state index contributed by atoms with van der Waals surface area (Å²) in [5.41, 5.74) is 0.801. The molecular weight excluding hydrogens is 260 g/mol. The van der Waals surface area contributed by atoms with Crippen LogP contribution in [0.15, 0.2) is 28.7 Å². The summed E-state index contributed by atoms with van der Waals surface area (Å²) < 4.78 is 0.949. The van der Waals surface area contributed by atoms with Crippen LogP contribution in [0.5, 0.6) is 0 Å². The first-order valence-electron chi connectivity index (χ1n) is 4.63. The fraction of sp³-hybridized carbons (Fsp3) is 0.300. The Bertz CT molecular complexity index is 366. The maximum absolute atomic E-state index is 11.6. The maximum Gasteiger partial charge on any atom is 0.232 e. The average molecular weight is 271 g/mol. The van der Waals surface area contributed by atoms with E-state index in [4.69, 9.17) is 0 Å². The Morgan fingerprint density at radius 2 is 2.00 bits per heavy atom. The van der Waals surface area contributed by atoms with E-state index in [1.54, 1.807) is 0 Å². The third-order valence-electron chi connectivity index (χ3n) is 2.40. The Morgan fingerprint density at radius 1 is 1.33 bits per heavy atom. The number of hydrogen-bond donors (Lipinski definition) is 3. The molecule has 2 unspecified atom stereocenters. The number of aliphatic hydroxyl groups is 1. The number of carbonyl (C=O) groups excluding carboxylic acids is 1. The maximum atomic E-state index is 11.6. The molecule has 2 rings (SSSR count). The van der Waals surface area contributed by atoms with Crippen LogP contribution in [-0.2, 0) is 4.79 Å². The number of halogens is 1. The van der Waals surface area contributed by atoms with Crippen molar-refractivity contribution in [2.45, 2.75) is 12.1 Å². The smallest absolute Gasteiger partial charge is 0.232 e. The first-order valence-corrected chi connectivity index (χ1v) is 5.42. The lowest BCUT2D eigenvalue weighted by molar-refractivity contribution is -0.128. The summed E-state index contributed by atoms with van der Waals surface area (Å²) in [5, 5.41) is 15.1. The van der Waals surface area contributed by atoms with E-state index >= 15 is 0 Å². The first kappa shape index (κ1) is 10.6. The molecule has 1 aliphatic heterocycles. The van der Waals surface area contributed by atoms with Crippen LogP contribution in [-0.4, -0.2) is 23.9 Å². The predicted molar refractivity (Wildman–Crippen MR) is 59.0 cm³/mol. The van der Waals surface area contributed by atoms with Crippen molar-refractivity contribution in [1.29, 1.82) is 0 Å². The fourth-order valence-electron chi connectivity index (χ4n) is 1.62. The summed E-state index contributed by atoms with van der Waals surface area (Å²) >= 11 is 3.32. The number of aliphatic hydroxyl groups excluding tert-OH is 1. The zero-order chi connectivity index (χ0) is 10.8. The summed E-state index contributed by atoms with van der Waals surface area (Å²) in [6.45, 7) is 0.313. The van der Waals surface area contributed by atoms with E-state index in [1.165, 1.54) is 0 Å². The van der Waals surface area contributed by atoms with Gasteiger partial charge in [0.05, 0.1) is 6.67 Å². The van der Waals surface area contributed by atoms with E-state index in [2.05, 4.69) is 26.6 Å². The molecule has 1 aromatic rings. The molecule has 2 atom stereocenters. The van der Waals surface area contributed by atoms with Crippen molar-refractivity contribution in [1.82, 2.24) is 10.6 Å². The second kappa shape index (κ2) is 4.30. The highest BCUT2D eigenvalue weighted by Gasteiger charge is 2.31. The van der Waals surface area contributed by atoms with Crippen molar-refractivity contribution in [3.05, 3.63) is 34.3 Å². The van der Waals surface area contributed by atoms with Gasteiger partial charge in [0.1, 0.15) is 12.1 Å². The zero-order valence-corrected chi connectivity index (χ0v) is 9.49. The topological polar surface area (TPSA) is 61.4 Å². The Labute approximate surface area is 95.8 Å². The quantitative estimate of drug-likeness (QED) is 0.698. The van der Waals surface area contributed by atoms with Gasteiger partial charge in [-0.1, -0.05) is 28.1 Å². The van der Waals surface area contributed by atoms with Crippen LogP contribution in [0.4, 0.5) is 0 Å². The van der Waals surface area contributed by atoms with Crippen molar-refractivity contribution in [2.24, 2.45) is 0 Å². The van der Waals surface area contributed by atoms with Gasteiger partial charge < -0.3 is 10.4 Å². The van der Waals surface area contributed by atoms with E-state index < -0.39 is 12.1 Å². The number of benzene rings is 1. The average Bonchev–Trinajstić information content (AvgIpc) is 2.20. The third kappa shape index (κ3) is 2.19. The lowest BCUT2D eigenvalue weighted by atomic mass is 9.95. The minimum absolute atomic E-state index is 0.149. The van der Waals surface area contributed by atoms with Gasteiger partial charge in [-0.15, -0.1) is 0 Å². The van der Waals surface area contributed by atoms with Gasteiger partial charge in [0.25, 0.3) is 0 Å². The standard InChI is InChI=1S/C10H11BrN2O2/c11-7-3-1-6(2-4-7)8-9(14)12-5-13-10(8)15/h1-4,8-9,12,14H,5H2,(H,13,15). The summed E-state index contributed by atoms with van der Waals surface area (Å²) in [4.78, 5) is 11.6. The summed E-state index contributed by atoms with van der Waals surface area (Å²) in [7, 11) is 0. The Hall–Kier alpha value is -0.910. The molecule has 5 heteroatoms. The third-order valence-corrected chi connectivity index (χ3v) is 2.93. The highest BCUT2D eigenvalue weighted by molar-refractivity contribution is 9.10. The molecule has 1 fully saturated rings. The minimum atomic E-state index is -0.820. The highest BCUT2D eigenvalue weighted by atomic mass is 79.9. The van der Waals surface area contributed by atoms with Crippen LogP contribution >= 0.6 is 15.9 Å². The molecule has 0 aliphatic carbocycles. The summed E-state index contributed by atoms with van der Waals surface area (Å²) in [6, 6.07) is 7.35. The van der Waals surface area contributed by atoms with Crippen molar-refractivity contribution >= 4 is 21.8 Å². The molecular formula is C10H11BrN2O2. The number of carbonyl (C=O) groups is 1.